The Morgan fingerprint density at radius 2 is 1.33 bits per heavy atom. The lowest BCUT2D eigenvalue weighted by Crippen LogP contribution is -1.81. The molecule has 0 aromatic carbocycles. The summed E-state index contributed by atoms with van der Waals surface area (Å²) in [6.45, 7) is 2.25. The van der Waals surface area contributed by atoms with Crippen LogP contribution in [0.2, 0.25) is 0 Å². The lowest BCUT2D eigenvalue weighted by molar-refractivity contribution is 0.295. The molecule has 0 bridgehead atoms. The minimum absolute atomic E-state index is 0.319. The van der Waals surface area contributed by atoms with Crippen LogP contribution in [0.25, 0.3) is 0 Å². The Morgan fingerprint density at radius 1 is 1.22 bits per heavy atom. The van der Waals surface area contributed by atoms with Crippen molar-refractivity contribution in [2.24, 2.45) is 0 Å². The van der Waals surface area contributed by atoms with E-state index in [4.69, 9.17) is 51.5 Å². The van der Waals surface area contributed by atoms with Gasteiger partial charge in [0.05, 0.1) is 0 Å². The van der Waals surface area contributed by atoms with Crippen molar-refractivity contribution in [1.82, 2.24) is 0 Å². The van der Waals surface area contributed by atoms with Crippen molar-refractivity contribution in [2.45, 2.75) is 16.6 Å². The average Bonchev–Trinajstić information content (AvgIpc) is 1.61. The van der Waals surface area contributed by atoms with Crippen molar-refractivity contribution in [2.75, 3.05) is 6.61 Å². The van der Waals surface area contributed by atoms with E-state index in [0.717, 1.165) is 6.42 Å². The van der Waals surface area contributed by atoms with E-state index in [2.05, 4.69) is 0 Å². The molecule has 9 heavy (non-hydrogen) atoms. The van der Waals surface area contributed by atoms with E-state index < -0.39 is 3.25 Å². The zero-order valence-corrected chi connectivity index (χ0v) is 7.90. The third kappa shape index (κ3) is 103. The lowest BCUT2D eigenvalue weighted by Gasteiger charge is -1.91. The summed E-state index contributed by atoms with van der Waals surface area (Å²) < 4.78 is -1.61. The zero-order valence-electron chi connectivity index (χ0n) is 4.87. The summed E-state index contributed by atoms with van der Waals surface area (Å²) in [5.74, 6) is 0. The van der Waals surface area contributed by atoms with Crippen LogP contribution in [-0.4, -0.2) is 15.0 Å². The molecule has 0 spiro atoms. The number of alkyl halides is 4. The van der Waals surface area contributed by atoms with Crippen LogP contribution >= 0.6 is 46.4 Å². The summed E-state index contributed by atoms with van der Waals surface area (Å²) in [5.41, 5.74) is 0. The first-order valence-electron chi connectivity index (χ1n) is 2.28. The summed E-state index contributed by atoms with van der Waals surface area (Å²) in [6.07, 6.45) is 0.875. The molecule has 0 heterocycles. The summed E-state index contributed by atoms with van der Waals surface area (Å²) in [6, 6.07) is 0. The second-order valence-corrected chi connectivity index (χ2v) is 4.58. The Morgan fingerprint density at radius 3 is 1.33 bits per heavy atom. The second-order valence-electron chi connectivity index (χ2n) is 1.15. The second kappa shape index (κ2) is 7.23. The van der Waals surface area contributed by atoms with Crippen LogP contribution in [0.1, 0.15) is 13.3 Å². The largest absolute Gasteiger partial charge is 0.396 e. The molecule has 0 saturated heterocycles. The molecule has 0 aliphatic carbocycles. The average molecular weight is 214 g/mol. The molecule has 0 atom stereocenters. The van der Waals surface area contributed by atoms with E-state index in [1.54, 1.807) is 0 Å². The van der Waals surface area contributed by atoms with Gasteiger partial charge >= 0.3 is 0 Å². The molecule has 58 valence electrons. The minimum atomic E-state index is -1.61. The van der Waals surface area contributed by atoms with Crippen molar-refractivity contribution in [1.29, 1.82) is 0 Å². The van der Waals surface area contributed by atoms with E-state index in [1.165, 1.54) is 0 Å². The Balaban J connectivity index is 0. The van der Waals surface area contributed by atoms with Crippen LogP contribution in [-0.2, 0) is 0 Å². The van der Waals surface area contributed by atoms with Crippen LogP contribution in [0.15, 0.2) is 0 Å². The fourth-order valence-electron chi connectivity index (χ4n) is 0. The maximum absolute atomic E-state index is 7.88. The summed E-state index contributed by atoms with van der Waals surface area (Å²) >= 11 is 19.3. The molecular formula is C4H8Cl4O. The number of hydrogen-bond acceptors (Lipinski definition) is 1. The maximum atomic E-state index is 7.88. The predicted octanol–water partition coefficient (Wildman–Crippen LogP) is 2.94. The molecule has 0 unspecified atom stereocenters. The molecule has 0 fully saturated rings. The van der Waals surface area contributed by atoms with Crippen molar-refractivity contribution < 1.29 is 5.11 Å². The predicted molar refractivity (Wildman–Crippen MR) is 43.5 cm³/mol. The number of aliphatic hydroxyl groups excluding tert-OH is 1. The molecule has 5 heteroatoms. The zero-order chi connectivity index (χ0) is 7.91. The van der Waals surface area contributed by atoms with Crippen molar-refractivity contribution in [3.63, 3.8) is 0 Å². The van der Waals surface area contributed by atoms with Crippen LogP contribution in [0, 0.1) is 0 Å². The number of aliphatic hydroxyl groups is 1. The Kier molecular flexibility index (Phi) is 10.3. The van der Waals surface area contributed by atoms with Crippen LogP contribution in [0.3, 0.4) is 0 Å². The topological polar surface area (TPSA) is 20.2 Å². The van der Waals surface area contributed by atoms with Gasteiger partial charge in [-0.05, 0) is 6.42 Å². The van der Waals surface area contributed by atoms with Gasteiger partial charge in [-0.2, -0.15) is 0 Å². The van der Waals surface area contributed by atoms with Gasteiger partial charge in [-0.1, -0.05) is 53.3 Å². The SMILES string of the molecule is CCCO.ClC(Cl)(Cl)Cl. The third-order valence-corrected chi connectivity index (χ3v) is 0.224. The van der Waals surface area contributed by atoms with Crippen LogP contribution < -0.4 is 0 Å². The number of rotatable bonds is 1. The van der Waals surface area contributed by atoms with Crippen molar-refractivity contribution in [3.05, 3.63) is 0 Å². The van der Waals surface area contributed by atoms with Gasteiger partial charge in [0, 0.05) is 6.61 Å². The first-order chi connectivity index (χ1) is 3.91. The van der Waals surface area contributed by atoms with Crippen molar-refractivity contribution >= 4 is 46.4 Å². The lowest BCUT2D eigenvalue weighted by atomic mass is 10.5. The summed E-state index contributed by atoms with van der Waals surface area (Å²) in [4.78, 5) is 0. The highest BCUT2D eigenvalue weighted by molar-refractivity contribution is 6.83. The van der Waals surface area contributed by atoms with Gasteiger partial charge in [-0.15, -0.1) is 0 Å². The van der Waals surface area contributed by atoms with Gasteiger partial charge < -0.3 is 5.11 Å². The molecule has 1 nitrogen and oxygen atoms in total. The molecule has 0 rings (SSSR count). The molecule has 0 amide bonds. The molecule has 0 aromatic heterocycles. The minimum Gasteiger partial charge on any atom is -0.396 e. The molecular weight excluding hydrogens is 206 g/mol. The fourth-order valence-corrected chi connectivity index (χ4v) is 0. The van der Waals surface area contributed by atoms with Crippen LogP contribution in [0.5, 0.6) is 0 Å². The molecule has 0 radical (unpaired) electrons. The molecule has 0 aliphatic heterocycles. The normalized spacial score (nSPS) is 10.0. The van der Waals surface area contributed by atoms with E-state index in [1.807, 2.05) is 6.92 Å². The van der Waals surface area contributed by atoms with E-state index in [9.17, 15) is 0 Å². The Bertz CT molecular complexity index is 43.0. The molecule has 0 saturated carbocycles. The smallest absolute Gasteiger partial charge is 0.266 e. The Hall–Kier alpha value is 1.12. The highest BCUT2D eigenvalue weighted by atomic mass is 35.6. The van der Waals surface area contributed by atoms with Gasteiger partial charge in [-0.25, -0.2) is 0 Å². The highest BCUT2D eigenvalue weighted by Crippen LogP contribution is 2.29. The monoisotopic (exact) mass is 212 g/mol. The first-order valence-corrected chi connectivity index (χ1v) is 3.79. The molecule has 0 aliphatic rings. The molecule has 0 aromatic rings. The van der Waals surface area contributed by atoms with E-state index in [0.29, 0.717) is 6.61 Å². The molecule has 1 N–H and O–H groups in total. The van der Waals surface area contributed by atoms with Gasteiger partial charge in [0.25, 0.3) is 3.25 Å². The van der Waals surface area contributed by atoms with Gasteiger partial charge in [0.1, 0.15) is 0 Å². The quantitative estimate of drug-likeness (QED) is 0.665. The number of halogens is 4. The summed E-state index contributed by atoms with van der Waals surface area (Å²) in [7, 11) is 0. The van der Waals surface area contributed by atoms with Crippen LogP contribution in [0.4, 0.5) is 0 Å². The third-order valence-electron chi connectivity index (χ3n) is 0.224. The van der Waals surface area contributed by atoms with Gasteiger partial charge in [0.15, 0.2) is 0 Å². The highest BCUT2D eigenvalue weighted by Gasteiger charge is 2.11. The van der Waals surface area contributed by atoms with E-state index >= 15 is 0 Å². The first kappa shape index (κ1) is 12.8. The van der Waals surface area contributed by atoms with Gasteiger partial charge in [0.2, 0.25) is 0 Å². The van der Waals surface area contributed by atoms with Gasteiger partial charge in [-0.3, -0.25) is 0 Å². The standard InChI is InChI=1S/C3H8O.CCl4/c1-2-3-4;2-1(3,4)5/h4H,2-3H2,1H3;. The number of hydrogen-bond donors (Lipinski definition) is 1. The fraction of sp³-hybridized carbons (Fsp3) is 1.00. The van der Waals surface area contributed by atoms with E-state index in [-0.39, 0.29) is 0 Å². The Labute approximate surface area is 74.8 Å². The van der Waals surface area contributed by atoms with Crippen molar-refractivity contribution in [3.8, 4) is 0 Å². The summed E-state index contributed by atoms with van der Waals surface area (Å²) in [5, 5.41) is 7.88. The maximum Gasteiger partial charge on any atom is 0.266 e.